The average molecular weight is 285 g/mol. The number of nitrogens with zero attached hydrogens (tertiary/aromatic N) is 1. The number of nitrogens with two attached hydrogens (primary N) is 1. The van der Waals surface area contributed by atoms with Gasteiger partial charge in [-0.05, 0) is 36.2 Å². The zero-order chi connectivity index (χ0) is 15.4. The summed E-state index contributed by atoms with van der Waals surface area (Å²) in [6.07, 6.45) is 0. The van der Waals surface area contributed by atoms with E-state index in [0.717, 1.165) is 16.8 Å². The van der Waals surface area contributed by atoms with Crippen LogP contribution in [0.2, 0.25) is 0 Å². The van der Waals surface area contributed by atoms with Gasteiger partial charge in [0.15, 0.2) is 0 Å². The highest BCUT2D eigenvalue weighted by molar-refractivity contribution is 5.93. The molecule has 2 aromatic rings. The number of primary amides is 1. The summed E-state index contributed by atoms with van der Waals surface area (Å²) in [5, 5.41) is 13.9. The minimum Gasteiger partial charge on any atom is -0.381 e. The van der Waals surface area contributed by atoms with Crippen molar-refractivity contribution >= 4 is 17.3 Å². The first-order valence-corrected chi connectivity index (χ1v) is 6.35. The number of nitro benzene ring substituents is 1. The molecule has 6 nitrogen and oxygen atoms in total. The van der Waals surface area contributed by atoms with Gasteiger partial charge in [0.05, 0.1) is 4.92 Å². The topological polar surface area (TPSA) is 98.3 Å². The molecule has 0 bridgehead atoms. The molecular formula is C15H15N3O3. The van der Waals surface area contributed by atoms with Crippen molar-refractivity contribution in [3.05, 3.63) is 69.3 Å². The van der Waals surface area contributed by atoms with E-state index in [2.05, 4.69) is 5.32 Å². The number of carbonyl (C=O) groups excluding carboxylic acids is 1. The molecule has 0 unspecified atom stereocenters. The molecule has 0 heterocycles. The number of amides is 1. The molecule has 21 heavy (non-hydrogen) atoms. The summed E-state index contributed by atoms with van der Waals surface area (Å²) in [6, 6.07) is 11.6. The number of aryl methyl sites for hydroxylation is 1. The molecule has 6 heteroatoms. The van der Waals surface area contributed by atoms with Crippen molar-refractivity contribution in [2.75, 3.05) is 5.32 Å². The molecule has 0 aliphatic carbocycles. The lowest BCUT2D eigenvalue weighted by Gasteiger charge is -2.10. The Balaban J connectivity index is 2.11. The van der Waals surface area contributed by atoms with Crippen molar-refractivity contribution in [3.63, 3.8) is 0 Å². The fraction of sp³-hybridized carbons (Fsp3) is 0.133. The van der Waals surface area contributed by atoms with Crippen LogP contribution in [0.4, 0.5) is 11.4 Å². The van der Waals surface area contributed by atoms with E-state index in [4.69, 9.17) is 5.73 Å². The number of anilines is 1. The number of rotatable bonds is 5. The van der Waals surface area contributed by atoms with E-state index < -0.39 is 10.8 Å². The van der Waals surface area contributed by atoms with Crippen molar-refractivity contribution in [1.82, 2.24) is 0 Å². The number of nitro groups is 1. The van der Waals surface area contributed by atoms with Crippen LogP contribution in [0, 0.1) is 17.0 Å². The maximum Gasteiger partial charge on any atom is 0.269 e. The summed E-state index contributed by atoms with van der Waals surface area (Å²) < 4.78 is 0. The number of hydrogen-bond donors (Lipinski definition) is 2. The Bertz CT molecular complexity index is 698. The number of non-ortho nitro benzene ring substituents is 1. The lowest BCUT2D eigenvalue weighted by molar-refractivity contribution is -0.384. The Morgan fingerprint density at radius 3 is 2.67 bits per heavy atom. The lowest BCUT2D eigenvalue weighted by Crippen LogP contribution is -2.11. The van der Waals surface area contributed by atoms with Gasteiger partial charge >= 0.3 is 0 Å². The number of carbonyl (C=O) groups is 1. The predicted molar refractivity (Wildman–Crippen MR) is 80.1 cm³/mol. The highest BCUT2D eigenvalue weighted by atomic mass is 16.6. The monoisotopic (exact) mass is 285 g/mol. The van der Waals surface area contributed by atoms with E-state index >= 15 is 0 Å². The zero-order valence-corrected chi connectivity index (χ0v) is 11.5. The van der Waals surface area contributed by atoms with Gasteiger partial charge in [-0.1, -0.05) is 12.1 Å². The van der Waals surface area contributed by atoms with E-state index in [9.17, 15) is 14.9 Å². The second kappa shape index (κ2) is 6.04. The minimum atomic E-state index is -0.469. The van der Waals surface area contributed by atoms with Crippen LogP contribution >= 0.6 is 0 Å². The second-order valence-corrected chi connectivity index (χ2v) is 4.67. The number of nitrogens with one attached hydrogen (secondary N) is 1. The quantitative estimate of drug-likeness (QED) is 0.651. The first-order valence-electron chi connectivity index (χ1n) is 6.35. The molecular weight excluding hydrogens is 270 g/mol. The van der Waals surface area contributed by atoms with Gasteiger partial charge in [-0.3, -0.25) is 14.9 Å². The highest BCUT2D eigenvalue weighted by Gasteiger charge is 2.07. The molecule has 3 N–H and O–H groups in total. The van der Waals surface area contributed by atoms with Crippen molar-refractivity contribution in [1.29, 1.82) is 0 Å². The maximum absolute atomic E-state index is 11.1. The summed E-state index contributed by atoms with van der Waals surface area (Å²) in [5.74, 6) is -0.469. The Labute approximate surface area is 121 Å². The largest absolute Gasteiger partial charge is 0.381 e. The molecule has 108 valence electrons. The Hall–Kier alpha value is -2.89. The van der Waals surface area contributed by atoms with Gasteiger partial charge in [-0.15, -0.1) is 0 Å². The fourth-order valence-electron chi connectivity index (χ4n) is 1.99. The molecule has 2 aromatic carbocycles. The van der Waals surface area contributed by atoms with Gasteiger partial charge in [0.1, 0.15) is 0 Å². The Morgan fingerprint density at radius 2 is 2.05 bits per heavy atom. The Kier molecular flexibility index (Phi) is 4.18. The molecule has 2 rings (SSSR count). The molecule has 0 aliphatic rings. The van der Waals surface area contributed by atoms with Crippen molar-refractivity contribution in [2.24, 2.45) is 5.73 Å². The van der Waals surface area contributed by atoms with Gasteiger partial charge < -0.3 is 11.1 Å². The van der Waals surface area contributed by atoms with E-state index in [-0.39, 0.29) is 5.69 Å². The molecule has 0 saturated carbocycles. The molecule has 0 aromatic heterocycles. The predicted octanol–water partition coefficient (Wildman–Crippen LogP) is 2.61. The van der Waals surface area contributed by atoms with Gasteiger partial charge in [-0.2, -0.15) is 0 Å². The van der Waals surface area contributed by atoms with Gasteiger partial charge in [0.2, 0.25) is 5.91 Å². The van der Waals surface area contributed by atoms with Crippen molar-refractivity contribution < 1.29 is 9.72 Å². The molecule has 0 spiro atoms. The molecule has 0 aliphatic heterocycles. The standard InChI is InChI=1S/C15H15N3O3/c1-10-7-12(15(16)19)5-6-14(10)17-9-11-3-2-4-13(8-11)18(20)21/h2-8,17H,9H2,1H3,(H2,16,19). The summed E-state index contributed by atoms with van der Waals surface area (Å²) in [6.45, 7) is 2.32. The first-order chi connectivity index (χ1) is 9.97. The van der Waals surface area contributed by atoms with Crippen LogP contribution in [0.25, 0.3) is 0 Å². The third-order valence-corrected chi connectivity index (χ3v) is 3.12. The maximum atomic E-state index is 11.1. The van der Waals surface area contributed by atoms with Crippen LogP contribution in [-0.4, -0.2) is 10.8 Å². The average Bonchev–Trinajstić information content (AvgIpc) is 2.46. The summed E-state index contributed by atoms with van der Waals surface area (Å²) in [5.41, 5.74) is 8.28. The summed E-state index contributed by atoms with van der Waals surface area (Å²) >= 11 is 0. The second-order valence-electron chi connectivity index (χ2n) is 4.67. The molecule has 0 radical (unpaired) electrons. The van der Waals surface area contributed by atoms with Gasteiger partial charge in [0.25, 0.3) is 5.69 Å². The van der Waals surface area contributed by atoms with Crippen LogP contribution in [0.1, 0.15) is 21.5 Å². The third-order valence-electron chi connectivity index (χ3n) is 3.12. The summed E-state index contributed by atoms with van der Waals surface area (Å²) in [7, 11) is 0. The minimum absolute atomic E-state index is 0.0649. The number of hydrogen-bond acceptors (Lipinski definition) is 4. The zero-order valence-electron chi connectivity index (χ0n) is 11.5. The van der Waals surface area contributed by atoms with Crippen molar-refractivity contribution in [2.45, 2.75) is 13.5 Å². The van der Waals surface area contributed by atoms with E-state index in [1.165, 1.54) is 12.1 Å². The molecule has 0 atom stereocenters. The van der Waals surface area contributed by atoms with Crippen molar-refractivity contribution in [3.8, 4) is 0 Å². The normalized spacial score (nSPS) is 10.1. The van der Waals surface area contributed by atoms with Gasteiger partial charge in [0, 0.05) is 29.9 Å². The van der Waals surface area contributed by atoms with E-state index in [1.54, 1.807) is 24.3 Å². The number of benzene rings is 2. The fourth-order valence-corrected chi connectivity index (χ4v) is 1.99. The first kappa shape index (κ1) is 14.5. The van der Waals surface area contributed by atoms with Crippen LogP contribution < -0.4 is 11.1 Å². The SMILES string of the molecule is Cc1cc(C(N)=O)ccc1NCc1cccc([N+](=O)[O-])c1. The van der Waals surface area contributed by atoms with Gasteiger partial charge in [-0.25, -0.2) is 0 Å². The van der Waals surface area contributed by atoms with Crippen LogP contribution in [0.5, 0.6) is 0 Å². The lowest BCUT2D eigenvalue weighted by atomic mass is 10.1. The van der Waals surface area contributed by atoms with Crippen LogP contribution in [0.15, 0.2) is 42.5 Å². The third kappa shape index (κ3) is 3.56. The smallest absolute Gasteiger partial charge is 0.269 e. The molecule has 0 fully saturated rings. The Morgan fingerprint density at radius 1 is 1.29 bits per heavy atom. The molecule has 1 amide bonds. The highest BCUT2D eigenvalue weighted by Crippen LogP contribution is 2.19. The van der Waals surface area contributed by atoms with E-state index in [0.29, 0.717) is 12.1 Å². The van der Waals surface area contributed by atoms with E-state index in [1.807, 2.05) is 13.0 Å². The van der Waals surface area contributed by atoms with Crippen LogP contribution in [0.3, 0.4) is 0 Å². The molecule has 0 saturated heterocycles. The summed E-state index contributed by atoms with van der Waals surface area (Å²) in [4.78, 5) is 21.4. The van der Waals surface area contributed by atoms with Crippen LogP contribution in [-0.2, 0) is 6.54 Å².